The lowest BCUT2D eigenvalue weighted by molar-refractivity contribution is -0.139. The number of hydrogen-bond acceptors (Lipinski definition) is 3. The first-order valence-electron chi connectivity index (χ1n) is 11.7. The third kappa shape index (κ3) is 7.81. The third-order valence-electron chi connectivity index (χ3n) is 6.13. The zero-order valence-corrected chi connectivity index (χ0v) is 22.5. The van der Waals surface area contributed by atoms with Gasteiger partial charge in [-0.3, -0.25) is 9.59 Å². The number of carbonyl (C=O) groups is 2. The van der Waals surface area contributed by atoms with Crippen LogP contribution in [-0.2, 0) is 21.9 Å². The molecule has 2 aromatic rings. The van der Waals surface area contributed by atoms with Gasteiger partial charge in [-0.25, -0.2) is 0 Å². The van der Waals surface area contributed by atoms with Crippen LogP contribution in [0.25, 0.3) is 0 Å². The smallest absolute Gasteiger partial charge is 0.243 e. The number of hydrogen-bond donors (Lipinski definition) is 1. The summed E-state index contributed by atoms with van der Waals surface area (Å²) in [6.45, 7) is 2.18. The number of halogens is 3. The van der Waals surface area contributed by atoms with Crippen molar-refractivity contribution in [3.63, 3.8) is 0 Å². The van der Waals surface area contributed by atoms with Gasteiger partial charge in [0, 0.05) is 33.4 Å². The van der Waals surface area contributed by atoms with Gasteiger partial charge in [0.15, 0.2) is 0 Å². The summed E-state index contributed by atoms with van der Waals surface area (Å²) in [6.07, 6.45) is 5.98. The molecule has 0 aliphatic heterocycles. The number of benzene rings is 2. The van der Waals surface area contributed by atoms with Gasteiger partial charge in [0.05, 0.1) is 5.75 Å². The van der Waals surface area contributed by atoms with Crippen molar-refractivity contribution in [2.24, 2.45) is 0 Å². The van der Waals surface area contributed by atoms with Gasteiger partial charge in [-0.1, -0.05) is 85.3 Å². The summed E-state index contributed by atoms with van der Waals surface area (Å²) in [7, 11) is 0. The molecule has 1 atom stereocenters. The summed E-state index contributed by atoms with van der Waals surface area (Å²) >= 11 is 20.2. The Hall–Kier alpha value is -1.40. The van der Waals surface area contributed by atoms with E-state index in [1.807, 2.05) is 37.3 Å². The second-order valence-electron chi connectivity index (χ2n) is 8.61. The lowest BCUT2D eigenvalue weighted by Gasteiger charge is -2.33. The summed E-state index contributed by atoms with van der Waals surface area (Å²) in [5, 5.41) is 4.89. The molecule has 0 heterocycles. The summed E-state index contributed by atoms with van der Waals surface area (Å²) in [6, 6.07) is 12.5. The van der Waals surface area contributed by atoms with Crippen LogP contribution < -0.4 is 5.32 Å². The standard InChI is InChI=1S/C26H31Cl3N2O2S/c1-2-24(26(33)30-21-9-4-3-5-10-21)31(15-18-12-13-20(27)14-23(18)29)25(32)17-34-16-19-8-6-7-11-22(19)28/h6-8,11-14,21,24H,2-5,9-10,15-17H2,1H3,(H,30,33)/t24-/m0/s1. The van der Waals surface area contributed by atoms with Crippen molar-refractivity contribution in [2.45, 2.75) is 69.8 Å². The van der Waals surface area contributed by atoms with E-state index < -0.39 is 6.04 Å². The largest absolute Gasteiger partial charge is 0.352 e. The van der Waals surface area contributed by atoms with Crippen LogP contribution >= 0.6 is 46.6 Å². The number of nitrogens with one attached hydrogen (secondary N) is 1. The average molecular weight is 542 g/mol. The second kappa shape index (κ2) is 13.6. The van der Waals surface area contributed by atoms with Crippen LogP contribution in [0.1, 0.15) is 56.6 Å². The molecule has 0 radical (unpaired) electrons. The van der Waals surface area contributed by atoms with E-state index in [0.717, 1.165) is 36.8 Å². The molecule has 1 saturated carbocycles. The van der Waals surface area contributed by atoms with Crippen LogP contribution in [0.3, 0.4) is 0 Å². The van der Waals surface area contributed by atoms with E-state index >= 15 is 0 Å². The van der Waals surface area contributed by atoms with Crippen LogP contribution in [0.15, 0.2) is 42.5 Å². The maximum atomic E-state index is 13.4. The molecule has 0 unspecified atom stereocenters. The van der Waals surface area contributed by atoms with Gasteiger partial charge >= 0.3 is 0 Å². The van der Waals surface area contributed by atoms with Crippen molar-refractivity contribution in [1.82, 2.24) is 10.2 Å². The molecule has 0 bridgehead atoms. The van der Waals surface area contributed by atoms with Crippen LogP contribution in [0, 0.1) is 0 Å². The monoisotopic (exact) mass is 540 g/mol. The highest BCUT2D eigenvalue weighted by atomic mass is 35.5. The summed E-state index contributed by atoms with van der Waals surface area (Å²) < 4.78 is 0. The first kappa shape index (κ1) is 27.2. The van der Waals surface area contributed by atoms with E-state index in [4.69, 9.17) is 34.8 Å². The molecule has 0 saturated heterocycles. The fraction of sp³-hybridized carbons (Fsp3) is 0.462. The molecule has 184 valence electrons. The third-order valence-corrected chi connectivity index (χ3v) is 8.06. The second-order valence-corrected chi connectivity index (χ2v) is 10.8. The predicted octanol–water partition coefficient (Wildman–Crippen LogP) is 7.14. The molecule has 2 aromatic carbocycles. The molecule has 1 aliphatic carbocycles. The number of nitrogens with zero attached hydrogens (tertiary/aromatic N) is 1. The van der Waals surface area contributed by atoms with Gasteiger partial charge < -0.3 is 10.2 Å². The highest BCUT2D eigenvalue weighted by molar-refractivity contribution is 7.99. The minimum absolute atomic E-state index is 0.0936. The van der Waals surface area contributed by atoms with Crippen molar-refractivity contribution >= 4 is 58.4 Å². The van der Waals surface area contributed by atoms with Crippen molar-refractivity contribution < 1.29 is 9.59 Å². The van der Waals surface area contributed by atoms with Gasteiger partial charge in [0.1, 0.15) is 6.04 Å². The van der Waals surface area contributed by atoms with E-state index in [9.17, 15) is 9.59 Å². The average Bonchev–Trinajstić information content (AvgIpc) is 2.82. The van der Waals surface area contributed by atoms with Crippen molar-refractivity contribution in [3.05, 3.63) is 68.7 Å². The lowest BCUT2D eigenvalue weighted by atomic mass is 9.95. The predicted molar refractivity (Wildman–Crippen MR) is 144 cm³/mol. The number of carbonyl (C=O) groups excluding carboxylic acids is 2. The molecule has 4 nitrogen and oxygen atoms in total. The van der Waals surface area contributed by atoms with Crippen molar-refractivity contribution in [3.8, 4) is 0 Å². The van der Waals surface area contributed by atoms with E-state index in [1.54, 1.807) is 17.0 Å². The summed E-state index contributed by atoms with van der Waals surface area (Å²) in [4.78, 5) is 28.4. The summed E-state index contributed by atoms with van der Waals surface area (Å²) in [5.41, 5.74) is 1.75. The zero-order chi connectivity index (χ0) is 24.5. The summed E-state index contributed by atoms with van der Waals surface area (Å²) in [5.74, 6) is 0.660. The maximum absolute atomic E-state index is 13.4. The molecule has 1 aliphatic rings. The van der Waals surface area contributed by atoms with E-state index in [1.165, 1.54) is 18.2 Å². The molecular formula is C26H31Cl3N2O2S. The first-order valence-corrected chi connectivity index (χ1v) is 14.0. The number of amides is 2. The van der Waals surface area contributed by atoms with Gasteiger partial charge in [-0.2, -0.15) is 0 Å². The lowest BCUT2D eigenvalue weighted by Crippen LogP contribution is -2.52. The Kier molecular flexibility index (Phi) is 10.9. The highest BCUT2D eigenvalue weighted by Crippen LogP contribution is 2.26. The fourth-order valence-corrected chi connectivity index (χ4v) is 5.91. The molecule has 3 rings (SSSR count). The van der Waals surface area contributed by atoms with Crippen LogP contribution in [0.5, 0.6) is 0 Å². The Morgan fingerprint density at radius 2 is 1.76 bits per heavy atom. The van der Waals surface area contributed by atoms with Gasteiger partial charge in [-0.05, 0) is 48.6 Å². The van der Waals surface area contributed by atoms with Crippen LogP contribution in [0.2, 0.25) is 15.1 Å². The minimum atomic E-state index is -0.568. The number of thioether (sulfide) groups is 1. The van der Waals surface area contributed by atoms with E-state index in [-0.39, 0.29) is 30.2 Å². The quantitative estimate of drug-likeness (QED) is 0.348. The molecule has 2 amide bonds. The Morgan fingerprint density at radius 3 is 2.44 bits per heavy atom. The Bertz CT molecular complexity index is 982. The fourth-order valence-electron chi connectivity index (χ4n) is 4.24. The molecule has 1 fully saturated rings. The van der Waals surface area contributed by atoms with Gasteiger partial charge in [-0.15, -0.1) is 11.8 Å². The first-order chi connectivity index (χ1) is 16.4. The van der Waals surface area contributed by atoms with Gasteiger partial charge in [0.25, 0.3) is 0 Å². The Balaban J connectivity index is 1.74. The van der Waals surface area contributed by atoms with Gasteiger partial charge in [0.2, 0.25) is 11.8 Å². The Morgan fingerprint density at radius 1 is 1.03 bits per heavy atom. The Labute approximate surface area is 221 Å². The SMILES string of the molecule is CC[C@@H](C(=O)NC1CCCCC1)N(Cc1ccc(Cl)cc1Cl)C(=O)CSCc1ccccc1Cl. The van der Waals surface area contributed by atoms with E-state index in [2.05, 4.69) is 5.32 Å². The van der Waals surface area contributed by atoms with Crippen molar-refractivity contribution in [2.75, 3.05) is 5.75 Å². The molecule has 1 N–H and O–H groups in total. The minimum Gasteiger partial charge on any atom is -0.352 e. The molecular weight excluding hydrogens is 511 g/mol. The zero-order valence-electron chi connectivity index (χ0n) is 19.4. The molecule has 0 aromatic heterocycles. The molecule has 8 heteroatoms. The highest BCUT2D eigenvalue weighted by Gasteiger charge is 2.30. The van der Waals surface area contributed by atoms with Crippen LogP contribution in [-0.4, -0.2) is 34.6 Å². The molecule has 34 heavy (non-hydrogen) atoms. The van der Waals surface area contributed by atoms with Crippen molar-refractivity contribution in [1.29, 1.82) is 0 Å². The molecule has 0 spiro atoms. The topological polar surface area (TPSA) is 49.4 Å². The van der Waals surface area contributed by atoms with Crippen LogP contribution in [0.4, 0.5) is 0 Å². The number of rotatable bonds is 10. The maximum Gasteiger partial charge on any atom is 0.243 e. The van der Waals surface area contributed by atoms with E-state index in [0.29, 0.717) is 27.2 Å². The normalized spacial score (nSPS) is 15.1.